The average Bonchev–Trinajstić information content (AvgIpc) is 2.58. The molecule has 5 nitrogen and oxygen atoms in total. The zero-order valence-corrected chi connectivity index (χ0v) is 12.5. The van der Waals surface area contributed by atoms with Gasteiger partial charge in [0, 0.05) is 23.9 Å². The van der Waals surface area contributed by atoms with E-state index in [1.165, 1.54) is 25.9 Å². The Labute approximate surface area is 130 Å². The number of aromatic nitrogens is 2. The van der Waals surface area contributed by atoms with Crippen LogP contribution in [0.4, 0.5) is 5.69 Å². The zero-order chi connectivity index (χ0) is 14.9. The van der Waals surface area contributed by atoms with Gasteiger partial charge >= 0.3 is 0 Å². The molecule has 0 radical (unpaired) electrons. The molecule has 1 aromatic heterocycles. The predicted octanol–water partition coefficient (Wildman–Crippen LogP) is 2.20. The Morgan fingerprint density at radius 1 is 1.00 bits per heavy atom. The summed E-state index contributed by atoms with van der Waals surface area (Å²) in [7, 11) is 0. The van der Waals surface area contributed by atoms with Crippen molar-refractivity contribution in [1.29, 1.82) is 0 Å². The highest BCUT2D eigenvalue weighted by Gasteiger charge is 2.35. The fourth-order valence-electron chi connectivity index (χ4n) is 3.39. The summed E-state index contributed by atoms with van der Waals surface area (Å²) in [5.41, 5.74) is 8.30. The lowest BCUT2D eigenvalue weighted by molar-refractivity contribution is -0.0103. The van der Waals surface area contributed by atoms with Crippen molar-refractivity contribution < 1.29 is 4.74 Å². The second-order valence-electron chi connectivity index (χ2n) is 6.17. The maximum absolute atomic E-state index is 6.06. The normalized spacial score (nSPS) is 26.8. The molecule has 114 valence electrons. The van der Waals surface area contributed by atoms with Crippen LogP contribution in [0.25, 0.3) is 11.3 Å². The van der Waals surface area contributed by atoms with Crippen LogP contribution < -0.4 is 10.5 Å². The fourth-order valence-corrected chi connectivity index (χ4v) is 3.39. The predicted molar refractivity (Wildman–Crippen MR) is 85.5 cm³/mol. The SMILES string of the molecule is Nc1ccc(-c2ccc(O[C@H]3CN4CCC3CC4)nn2)cc1. The van der Waals surface area contributed by atoms with E-state index >= 15 is 0 Å². The Balaban J connectivity index is 1.46. The van der Waals surface area contributed by atoms with Crippen LogP contribution in [0.15, 0.2) is 36.4 Å². The minimum atomic E-state index is 0.263. The van der Waals surface area contributed by atoms with Gasteiger partial charge in [-0.1, -0.05) is 12.1 Å². The first kappa shape index (κ1) is 13.5. The molecule has 4 heterocycles. The van der Waals surface area contributed by atoms with E-state index in [-0.39, 0.29) is 6.10 Å². The van der Waals surface area contributed by atoms with Gasteiger partial charge in [-0.2, -0.15) is 0 Å². The van der Waals surface area contributed by atoms with Gasteiger partial charge in [-0.05, 0) is 50.0 Å². The van der Waals surface area contributed by atoms with E-state index < -0.39 is 0 Å². The molecule has 1 aromatic carbocycles. The molecule has 0 amide bonds. The van der Waals surface area contributed by atoms with Gasteiger partial charge < -0.3 is 10.5 Å². The van der Waals surface area contributed by atoms with E-state index in [4.69, 9.17) is 10.5 Å². The van der Waals surface area contributed by atoms with Crippen LogP contribution >= 0.6 is 0 Å². The molecule has 2 bridgehead atoms. The number of hydrogen-bond donors (Lipinski definition) is 1. The van der Waals surface area contributed by atoms with Gasteiger partial charge in [-0.15, -0.1) is 10.2 Å². The van der Waals surface area contributed by atoms with Gasteiger partial charge in [0.1, 0.15) is 6.10 Å². The maximum Gasteiger partial charge on any atom is 0.233 e. The summed E-state index contributed by atoms with van der Waals surface area (Å²) in [6, 6.07) is 11.5. The molecule has 3 fully saturated rings. The zero-order valence-electron chi connectivity index (χ0n) is 12.5. The van der Waals surface area contributed by atoms with Crippen LogP contribution in [0.5, 0.6) is 5.88 Å². The van der Waals surface area contributed by atoms with E-state index in [0.717, 1.165) is 23.5 Å². The van der Waals surface area contributed by atoms with Crippen molar-refractivity contribution in [3.8, 4) is 17.1 Å². The number of rotatable bonds is 3. The summed E-state index contributed by atoms with van der Waals surface area (Å²) in [6.07, 6.45) is 2.74. The first-order chi connectivity index (χ1) is 10.8. The summed E-state index contributed by atoms with van der Waals surface area (Å²) in [5, 5.41) is 8.51. The van der Waals surface area contributed by atoms with Crippen LogP contribution in [0.1, 0.15) is 12.8 Å². The first-order valence-corrected chi connectivity index (χ1v) is 7.86. The molecular formula is C17H20N4O. The van der Waals surface area contributed by atoms with E-state index in [1.54, 1.807) is 0 Å². The lowest BCUT2D eigenvalue weighted by Crippen LogP contribution is -2.52. The summed E-state index contributed by atoms with van der Waals surface area (Å²) >= 11 is 0. The summed E-state index contributed by atoms with van der Waals surface area (Å²) < 4.78 is 6.06. The lowest BCUT2D eigenvalue weighted by atomic mass is 9.86. The standard InChI is InChI=1S/C17H20N4O/c18-14-3-1-12(2-4-14)15-5-6-17(20-19-15)22-16-11-21-9-7-13(16)8-10-21/h1-6,13,16H,7-11,18H2/t16-/m0/s1. The third kappa shape index (κ3) is 2.64. The average molecular weight is 296 g/mol. The van der Waals surface area contributed by atoms with Crippen molar-refractivity contribution in [3.63, 3.8) is 0 Å². The number of fused-ring (bicyclic) bond motifs is 3. The van der Waals surface area contributed by atoms with Crippen LogP contribution in [-0.4, -0.2) is 40.8 Å². The molecule has 2 aromatic rings. The Kier molecular flexibility index (Phi) is 3.42. The molecule has 22 heavy (non-hydrogen) atoms. The first-order valence-electron chi connectivity index (χ1n) is 7.86. The Morgan fingerprint density at radius 2 is 1.77 bits per heavy atom. The molecule has 5 rings (SSSR count). The smallest absolute Gasteiger partial charge is 0.233 e. The number of anilines is 1. The maximum atomic E-state index is 6.06. The number of nitrogen functional groups attached to an aromatic ring is 1. The molecule has 0 saturated carbocycles. The molecule has 3 aliphatic rings. The summed E-state index contributed by atoms with van der Waals surface area (Å²) in [6.45, 7) is 3.45. The topological polar surface area (TPSA) is 64.3 Å². The van der Waals surface area contributed by atoms with Crippen LogP contribution in [0.2, 0.25) is 0 Å². The van der Waals surface area contributed by atoms with Crippen LogP contribution in [0, 0.1) is 5.92 Å². The molecule has 0 unspecified atom stereocenters. The van der Waals surface area contributed by atoms with Gasteiger partial charge in [-0.25, -0.2) is 0 Å². The third-order valence-corrected chi connectivity index (χ3v) is 4.71. The second kappa shape index (κ2) is 5.57. The Morgan fingerprint density at radius 3 is 2.36 bits per heavy atom. The highest BCUT2D eigenvalue weighted by Crippen LogP contribution is 2.30. The molecule has 0 spiro atoms. The fraction of sp³-hybridized carbons (Fsp3) is 0.412. The Hall–Kier alpha value is -2.14. The van der Waals surface area contributed by atoms with Crippen LogP contribution in [0.3, 0.4) is 0 Å². The second-order valence-corrected chi connectivity index (χ2v) is 6.17. The van der Waals surface area contributed by atoms with Crippen molar-refractivity contribution in [2.24, 2.45) is 5.92 Å². The number of ether oxygens (including phenoxy) is 1. The quantitative estimate of drug-likeness (QED) is 0.880. The number of nitrogens with zero attached hydrogens (tertiary/aromatic N) is 3. The minimum Gasteiger partial charge on any atom is -0.472 e. The number of benzene rings is 1. The molecule has 1 atom stereocenters. The van der Waals surface area contributed by atoms with Gasteiger partial charge in [-0.3, -0.25) is 4.90 Å². The highest BCUT2D eigenvalue weighted by molar-refractivity contribution is 5.61. The molecular weight excluding hydrogens is 276 g/mol. The molecule has 0 aliphatic carbocycles. The largest absolute Gasteiger partial charge is 0.472 e. The molecule has 2 N–H and O–H groups in total. The molecule has 3 aliphatic heterocycles. The van der Waals surface area contributed by atoms with Crippen LogP contribution in [-0.2, 0) is 0 Å². The minimum absolute atomic E-state index is 0.263. The van der Waals surface area contributed by atoms with Crippen molar-refractivity contribution in [3.05, 3.63) is 36.4 Å². The summed E-state index contributed by atoms with van der Waals surface area (Å²) in [4.78, 5) is 2.47. The van der Waals surface area contributed by atoms with Gasteiger partial charge in [0.15, 0.2) is 0 Å². The van der Waals surface area contributed by atoms with E-state index in [2.05, 4.69) is 15.1 Å². The Bertz CT molecular complexity index is 633. The lowest BCUT2D eigenvalue weighted by Gasteiger charge is -2.44. The highest BCUT2D eigenvalue weighted by atomic mass is 16.5. The monoisotopic (exact) mass is 296 g/mol. The van der Waals surface area contributed by atoms with Crippen molar-refractivity contribution in [2.45, 2.75) is 18.9 Å². The molecule has 3 saturated heterocycles. The van der Waals surface area contributed by atoms with Gasteiger partial charge in [0.25, 0.3) is 0 Å². The van der Waals surface area contributed by atoms with Gasteiger partial charge in [0.2, 0.25) is 5.88 Å². The number of piperidine rings is 3. The number of nitrogens with two attached hydrogens (primary N) is 1. The molecule has 5 heteroatoms. The van der Waals surface area contributed by atoms with E-state index in [9.17, 15) is 0 Å². The van der Waals surface area contributed by atoms with Crippen molar-refractivity contribution in [1.82, 2.24) is 15.1 Å². The van der Waals surface area contributed by atoms with E-state index in [1.807, 2.05) is 36.4 Å². The van der Waals surface area contributed by atoms with Crippen molar-refractivity contribution in [2.75, 3.05) is 25.4 Å². The number of hydrogen-bond acceptors (Lipinski definition) is 5. The van der Waals surface area contributed by atoms with E-state index in [0.29, 0.717) is 11.8 Å². The van der Waals surface area contributed by atoms with Gasteiger partial charge in [0.05, 0.1) is 5.69 Å². The summed E-state index contributed by atoms with van der Waals surface area (Å²) in [5.74, 6) is 1.29. The van der Waals surface area contributed by atoms with Crippen molar-refractivity contribution >= 4 is 5.69 Å². The third-order valence-electron chi connectivity index (χ3n) is 4.71.